The molecule has 0 spiro atoms. The second kappa shape index (κ2) is 20.4. The second-order valence-electron chi connectivity index (χ2n) is 9.96. The summed E-state index contributed by atoms with van der Waals surface area (Å²) < 4.78 is 25.7. The van der Waals surface area contributed by atoms with Crippen LogP contribution in [0.2, 0.25) is 0 Å². The number of rotatable bonds is 22. The number of aromatic nitrogens is 1. The predicted octanol–water partition coefficient (Wildman–Crippen LogP) is 3.71. The van der Waals surface area contributed by atoms with Gasteiger partial charge in [-0.1, -0.05) is 12.1 Å². The lowest BCUT2D eigenvalue weighted by molar-refractivity contribution is -0.144. The number of nitrogens with zero attached hydrogens (tertiary/aromatic N) is 2. The molecular formula is C30H43IN4O7. The van der Waals surface area contributed by atoms with E-state index in [4.69, 9.17) is 18.9 Å². The third-order valence-corrected chi connectivity index (χ3v) is 7.21. The number of ether oxygens (including phenoxy) is 4. The first-order chi connectivity index (χ1) is 20.6. The average molecular weight is 699 g/mol. The van der Waals surface area contributed by atoms with Gasteiger partial charge in [0.2, 0.25) is 5.91 Å². The number of anilines is 1. The first-order valence-corrected chi connectivity index (χ1v) is 15.6. The molecule has 1 unspecified atom stereocenters. The number of carbonyl (C=O) groups is 2. The zero-order valence-corrected chi connectivity index (χ0v) is 26.3. The van der Waals surface area contributed by atoms with Crippen LogP contribution < -0.4 is 13.6 Å². The minimum Gasteiger partial charge on any atom is -0.494 e. The van der Waals surface area contributed by atoms with Gasteiger partial charge < -0.3 is 34.3 Å². The van der Waals surface area contributed by atoms with E-state index >= 15 is 0 Å². The number of pyridine rings is 1. The molecule has 2 aromatic rings. The highest BCUT2D eigenvalue weighted by Crippen LogP contribution is 2.28. The van der Waals surface area contributed by atoms with Crippen molar-refractivity contribution in [1.29, 1.82) is 0 Å². The van der Waals surface area contributed by atoms with Crippen LogP contribution in [0.5, 0.6) is 5.75 Å². The van der Waals surface area contributed by atoms with E-state index in [1.165, 1.54) is 0 Å². The van der Waals surface area contributed by atoms with Gasteiger partial charge in [-0.3, -0.25) is 13.1 Å². The third kappa shape index (κ3) is 13.2. The van der Waals surface area contributed by atoms with E-state index in [1.54, 1.807) is 11.1 Å². The Bertz CT molecular complexity index is 1060. The van der Waals surface area contributed by atoms with Crippen LogP contribution in [0.15, 0.2) is 42.6 Å². The molecule has 0 radical (unpaired) electrons. The van der Waals surface area contributed by atoms with Crippen molar-refractivity contribution in [3.8, 4) is 5.75 Å². The van der Waals surface area contributed by atoms with Crippen LogP contribution in [0.3, 0.4) is 0 Å². The molecule has 0 saturated carbocycles. The van der Waals surface area contributed by atoms with Crippen molar-refractivity contribution in [2.24, 2.45) is 5.92 Å². The normalized spacial score (nSPS) is 14.8. The highest BCUT2D eigenvalue weighted by Gasteiger charge is 2.31. The maximum atomic E-state index is 13.3. The van der Waals surface area contributed by atoms with Gasteiger partial charge >= 0.3 is 5.97 Å². The smallest absolute Gasteiger partial charge is 0.304 e. The number of halogens is 1. The highest BCUT2D eigenvalue weighted by molar-refractivity contribution is 14.1. The fourth-order valence-electron chi connectivity index (χ4n) is 4.58. The SMILES string of the molecule is O=C(O)CC1Cc2ccc(OCCCNc3ccccn3)cc2CN(CCCOCCOCCOCCCNI)C1=O. The third-order valence-electron chi connectivity index (χ3n) is 6.67. The van der Waals surface area contributed by atoms with Crippen LogP contribution in [0.25, 0.3) is 0 Å². The largest absolute Gasteiger partial charge is 0.494 e. The summed E-state index contributed by atoms with van der Waals surface area (Å²) in [5.41, 5.74) is 1.97. The Morgan fingerprint density at radius 3 is 2.40 bits per heavy atom. The molecule has 1 aliphatic rings. The first kappa shape index (κ1) is 34.0. The molecule has 1 aliphatic heterocycles. The van der Waals surface area contributed by atoms with Crippen LogP contribution in [-0.4, -0.2) is 92.7 Å². The molecular weight excluding hydrogens is 655 g/mol. The Balaban J connectivity index is 1.41. The molecule has 1 amide bonds. The number of carboxylic acid groups (broad SMARTS) is 1. The minimum atomic E-state index is -0.970. The number of carboxylic acids is 1. The van der Waals surface area contributed by atoms with Crippen LogP contribution in [-0.2, 0) is 36.8 Å². The molecule has 0 bridgehead atoms. The van der Waals surface area contributed by atoms with Crippen LogP contribution >= 0.6 is 22.9 Å². The van der Waals surface area contributed by atoms with E-state index in [0.29, 0.717) is 72.2 Å². The van der Waals surface area contributed by atoms with Crippen molar-refractivity contribution >= 4 is 40.6 Å². The van der Waals surface area contributed by atoms with E-state index in [9.17, 15) is 14.7 Å². The number of aliphatic carboxylic acids is 1. The Hall–Kier alpha value is -2.52. The highest BCUT2D eigenvalue weighted by atomic mass is 127. The molecule has 3 rings (SSSR count). The molecule has 0 saturated heterocycles. The van der Waals surface area contributed by atoms with Crippen molar-refractivity contribution in [2.75, 3.05) is 71.2 Å². The fourth-order valence-corrected chi connectivity index (χ4v) is 4.96. The van der Waals surface area contributed by atoms with Gasteiger partial charge in [0, 0.05) is 68.5 Å². The number of carbonyl (C=O) groups excluding carboxylic acids is 1. The number of fused-ring (bicyclic) bond motifs is 1. The lowest BCUT2D eigenvalue weighted by Gasteiger charge is -2.24. The van der Waals surface area contributed by atoms with E-state index in [0.717, 1.165) is 48.6 Å². The molecule has 12 heteroatoms. The summed E-state index contributed by atoms with van der Waals surface area (Å²) in [6.45, 7) is 6.34. The average Bonchev–Trinajstić information content (AvgIpc) is 3.11. The van der Waals surface area contributed by atoms with Crippen LogP contribution in [0.1, 0.15) is 36.8 Å². The Morgan fingerprint density at radius 1 is 0.952 bits per heavy atom. The van der Waals surface area contributed by atoms with Crippen LogP contribution in [0.4, 0.5) is 5.82 Å². The van der Waals surface area contributed by atoms with Gasteiger partial charge in [0.05, 0.1) is 45.4 Å². The maximum absolute atomic E-state index is 13.3. The van der Waals surface area contributed by atoms with Gasteiger partial charge in [0.1, 0.15) is 11.6 Å². The number of amides is 1. The lowest BCUT2D eigenvalue weighted by atomic mass is 9.94. The monoisotopic (exact) mass is 698 g/mol. The molecule has 232 valence electrons. The minimum absolute atomic E-state index is 0.130. The van der Waals surface area contributed by atoms with Crippen molar-refractivity contribution in [1.82, 2.24) is 13.4 Å². The number of benzene rings is 1. The fraction of sp³-hybridized carbons (Fsp3) is 0.567. The molecule has 1 aromatic carbocycles. The number of hydrogen-bond acceptors (Lipinski definition) is 9. The molecule has 2 heterocycles. The van der Waals surface area contributed by atoms with E-state index in [2.05, 4.69) is 36.7 Å². The molecule has 0 fully saturated rings. The zero-order chi connectivity index (χ0) is 29.8. The van der Waals surface area contributed by atoms with Gasteiger partial charge in [-0.05, 0) is 61.1 Å². The molecule has 1 atom stereocenters. The summed E-state index contributed by atoms with van der Waals surface area (Å²) in [4.78, 5) is 30.8. The number of hydrogen-bond donors (Lipinski definition) is 3. The summed E-state index contributed by atoms with van der Waals surface area (Å²) in [6.07, 6.45) is 4.37. The Morgan fingerprint density at radius 2 is 1.69 bits per heavy atom. The zero-order valence-electron chi connectivity index (χ0n) is 24.1. The van der Waals surface area contributed by atoms with Crippen molar-refractivity contribution < 1.29 is 33.6 Å². The topological polar surface area (TPSA) is 131 Å². The van der Waals surface area contributed by atoms with E-state index in [1.807, 2.05) is 36.4 Å². The van der Waals surface area contributed by atoms with Gasteiger partial charge in [0.25, 0.3) is 0 Å². The Kier molecular flexibility index (Phi) is 16.5. The summed E-state index contributed by atoms with van der Waals surface area (Å²) in [5, 5.41) is 12.7. The Labute approximate surface area is 262 Å². The van der Waals surface area contributed by atoms with Gasteiger partial charge in [-0.15, -0.1) is 0 Å². The predicted molar refractivity (Wildman–Crippen MR) is 168 cm³/mol. The summed E-state index contributed by atoms with van der Waals surface area (Å²) in [6, 6.07) is 11.6. The van der Waals surface area contributed by atoms with E-state index in [-0.39, 0.29) is 12.3 Å². The molecule has 11 nitrogen and oxygen atoms in total. The molecule has 3 N–H and O–H groups in total. The summed E-state index contributed by atoms with van der Waals surface area (Å²) in [5.74, 6) is -0.125. The second-order valence-corrected chi connectivity index (χ2v) is 10.7. The summed E-state index contributed by atoms with van der Waals surface area (Å²) in [7, 11) is 0. The van der Waals surface area contributed by atoms with Gasteiger partial charge in [-0.25, -0.2) is 4.98 Å². The standard InChI is InChI=1S/C30H43IN4O7/c31-34-11-4-13-39-16-18-41-19-17-40-14-5-12-35-23-26-21-27(42-15-3-10-33-28-6-1-2-9-32-28)8-7-24(26)20-25(30(35)38)22-29(36)37/h1-2,6-9,21,25,34H,3-5,10-20,22-23H2,(H,32,33)(H,36,37). The van der Waals surface area contributed by atoms with E-state index < -0.39 is 11.9 Å². The lowest BCUT2D eigenvalue weighted by Crippen LogP contribution is -2.36. The van der Waals surface area contributed by atoms with Crippen molar-refractivity contribution in [2.45, 2.75) is 38.6 Å². The first-order valence-electron chi connectivity index (χ1n) is 14.5. The van der Waals surface area contributed by atoms with Gasteiger partial charge in [-0.2, -0.15) is 0 Å². The van der Waals surface area contributed by atoms with Crippen molar-refractivity contribution in [3.05, 3.63) is 53.7 Å². The molecule has 1 aromatic heterocycles. The van der Waals surface area contributed by atoms with Gasteiger partial charge in [0.15, 0.2) is 0 Å². The van der Waals surface area contributed by atoms with Crippen molar-refractivity contribution in [3.63, 3.8) is 0 Å². The number of nitrogens with one attached hydrogen (secondary N) is 2. The quantitative estimate of drug-likeness (QED) is 0.0951. The maximum Gasteiger partial charge on any atom is 0.304 e. The molecule has 42 heavy (non-hydrogen) atoms. The van der Waals surface area contributed by atoms with Crippen LogP contribution in [0, 0.1) is 5.92 Å². The molecule has 0 aliphatic carbocycles. The summed E-state index contributed by atoms with van der Waals surface area (Å²) >= 11 is 2.12.